The summed E-state index contributed by atoms with van der Waals surface area (Å²) >= 11 is 0. The standard InChI is InChI=1S/C25H27N5O5S/c26-24(29-32)18-6-5-7-20(16-18)30-15-4-3-10-23(30)35-25(31)28-19-13-11-17(12-14-19)21-8-1-2-9-22(21)36(27,33)34/h1-2,5-9,11-14,16,23,32H,3-4,10,15H2,(H2,26,29)(H,28,31)(H2,27,33,34)/t23-/m0/s1. The van der Waals surface area contributed by atoms with Gasteiger partial charge in [0.05, 0.1) is 4.90 Å². The molecular weight excluding hydrogens is 482 g/mol. The van der Waals surface area contributed by atoms with Crippen molar-refractivity contribution >= 4 is 33.3 Å². The first kappa shape index (κ1) is 25.2. The molecule has 3 aromatic rings. The van der Waals surface area contributed by atoms with Gasteiger partial charge in [0.25, 0.3) is 0 Å². The van der Waals surface area contributed by atoms with Gasteiger partial charge in [-0.1, -0.05) is 42.5 Å². The molecule has 1 aliphatic heterocycles. The van der Waals surface area contributed by atoms with E-state index in [-0.39, 0.29) is 10.7 Å². The number of anilines is 2. The van der Waals surface area contributed by atoms with Gasteiger partial charge in [-0.3, -0.25) is 21.4 Å². The van der Waals surface area contributed by atoms with Crippen molar-refractivity contribution in [2.75, 3.05) is 16.8 Å². The minimum Gasteiger partial charge on any atom is -0.425 e. The van der Waals surface area contributed by atoms with Crippen LogP contribution >= 0.6 is 0 Å². The fourth-order valence-electron chi connectivity index (χ4n) is 4.18. The van der Waals surface area contributed by atoms with Crippen molar-refractivity contribution in [1.82, 2.24) is 5.48 Å². The summed E-state index contributed by atoms with van der Waals surface area (Å²) in [5.41, 5.74) is 4.73. The van der Waals surface area contributed by atoms with E-state index in [4.69, 9.17) is 20.5 Å². The summed E-state index contributed by atoms with van der Waals surface area (Å²) < 4.78 is 29.5. The Morgan fingerprint density at radius 1 is 1.06 bits per heavy atom. The highest BCUT2D eigenvalue weighted by Crippen LogP contribution is 2.29. The van der Waals surface area contributed by atoms with Gasteiger partial charge >= 0.3 is 6.09 Å². The zero-order valence-corrected chi connectivity index (χ0v) is 20.2. The van der Waals surface area contributed by atoms with Gasteiger partial charge in [0.15, 0.2) is 6.23 Å². The summed E-state index contributed by atoms with van der Waals surface area (Å²) in [6.45, 7) is 0.680. The van der Waals surface area contributed by atoms with Gasteiger partial charge in [-0.15, -0.1) is 0 Å². The predicted octanol–water partition coefficient (Wildman–Crippen LogP) is 3.87. The van der Waals surface area contributed by atoms with Crippen molar-refractivity contribution in [3.63, 3.8) is 0 Å². The van der Waals surface area contributed by atoms with Gasteiger partial charge in [-0.05, 0) is 48.7 Å². The maximum Gasteiger partial charge on any atom is 0.413 e. The molecule has 1 saturated heterocycles. The van der Waals surface area contributed by atoms with Crippen molar-refractivity contribution in [1.29, 1.82) is 5.41 Å². The van der Waals surface area contributed by atoms with Crippen molar-refractivity contribution in [2.45, 2.75) is 30.4 Å². The molecule has 11 heteroatoms. The van der Waals surface area contributed by atoms with Crippen LogP contribution in [0.1, 0.15) is 24.8 Å². The molecule has 188 valence electrons. The van der Waals surface area contributed by atoms with Gasteiger partial charge in [0.1, 0.15) is 5.84 Å². The molecule has 3 aromatic carbocycles. The van der Waals surface area contributed by atoms with Crippen molar-refractivity contribution in [3.8, 4) is 11.1 Å². The molecule has 0 radical (unpaired) electrons. The second-order valence-electron chi connectivity index (χ2n) is 8.33. The largest absolute Gasteiger partial charge is 0.425 e. The second-order valence-corrected chi connectivity index (χ2v) is 9.86. The second kappa shape index (κ2) is 10.8. The summed E-state index contributed by atoms with van der Waals surface area (Å²) in [6.07, 6.45) is 1.37. The predicted molar refractivity (Wildman–Crippen MR) is 137 cm³/mol. The van der Waals surface area contributed by atoms with E-state index in [1.165, 1.54) is 6.07 Å². The quantitative estimate of drug-likeness (QED) is 0.192. The number of ether oxygens (including phenoxy) is 1. The summed E-state index contributed by atoms with van der Waals surface area (Å²) in [4.78, 5) is 14.7. The molecule has 1 heterocycles. The number of hydroxylamine groups is 1. The number of amides is 1. The minimum atomic E-state index is -3.89. The molecule has 1 atom stereocenters. The maximum atomic E-state index is 12.7. The maximum absolute atomic E-state index is 12.7. The fourth-order valence-corrected chi connectivity index (χ4v) is 4.94. The highest BCUT2D eigenvalue weighted by Gasteiger charge is 2.26. The number of sulfonamides is 1. The fraction of sp³-hybridized carbons (Fsp3) is 0.200. The van der Waals surface area contributed by atoms with Crippen LogP contribution in [0.5, 0.6) is 0 Å². The number of carbonyl (C=O) groups is 1. The van der Waals surface area contributed by atoms with Crippen LogP contribution in [0, 0.1) is 5.41 Å². The molecule has 1 fully saturated rings. The summed E-state index contributed by atoms with van der Waals surface area (Å²) in [5.74, 6) is -0.126. The third-order valence-electron chi connectivity index (χ3n) is 5.90. The smallest absolute Gasteiger partial charge is 0.413 e. The van der Waals surface area contributed by atoms with Crippen LogP contribution in [0.4, 0.5) is 16.2 Å². The van der Waals surface area contributed by atoms with E-state index in [9.17, 15) is 13.2 Å². The van der Waals surface area contributed by atoms with Crippen LogP contribution in [-0.4, -0.2) is 38.3 Å². The Hall–Kier alpha value is -3.93. The van der Waals surface area contributed by atoms with E-state index >= 15 is 0 Å². The number of amidine groups is 1. The molecule has 0 aliphatic carbocycles. The number of hydrogen-bond donors (Lipinski definition) is 5. The number of hydrogen-bond acceptors (Lipinski definition) is 7. The zero-order chi connectivity index (χ0) is 25.7. The first-order valence-electron chi connectivity index (χ1n) is 11.3. The van der Waals surface area contributed by atoms with Crippen LogP contribution in [0.15, 0.2) is 77.7 Å². The van der Waals surface area contributed by atoms with E-state index in [1.807, 2.05) is 16.4 Å². The number of primary sulfonamides is 1. The molecule has 0 unspecified atom stereocenters. The van der Waals surface area contributed by atoms with Crippen molar-refractivity contribution in [3.05, 3.63) is 78.4 Å². The molecule has 0 bridgehead atoms. The molecule has 4 rings (SSSR count). The third-order valence-corrected chi connectivity index (χ3v) is 6.87. The van der Waals surface area contributed by atoms with Crippen LogP contribution in [-0.2, 0) is 14.8 Å². The van der Waals surface area contributed by atoms with E-state index in [2.05, 4.69) is 5.32 Å². The number of nitrogens with two attached hydrogens (primary N) is 1. The molecule has 1 amide bonds. The van der Waals surface area contributed by atoms with E-state index in [0.717, 1.165) is 18.5 Å². The average Bonchev–Trinajstić information content (AvgIpc) is 2.88. The Morgan fingerprint density at radius 3 is 2.53 bits per heavy atom. The Kier molecular flexibility index (Phi) is 7.53. The SMILES string of the molecule is N=C(NO)c1cccc(N2CCCC[C@@H]2OC(=O)Nc2ccc(-c3ccccc3S(N)(=O)=O)cc2)c1. The number of benzene rings is 3. The average molecular weight is 510 g/mol. The lowest BCUT2D eigenvalue weighted by Gasteiger charge is -2.36. The first-order chi connectivity index (χ1) is 17.3. The number of nitrogens with one attached hydrogen (secondary N) is 3. The van der Waals surface area contributed by atoms with E-state index < -0.39 is 22.3 Å². The highest BCUT2D eigenvalue weighted by molar-refractivity contribution is 7.89. The van der Waals surface area contributed by atoms with Gasteiger partial charge < -0.3 is 9.64 Å². The topological polar surface area (TPSA) is 158 Å². The molecule has 36 heavy (non-hydrogen) atoms. The van der Waals surface area contributed by atoms with Crippen molar-refractivity contribution in [2.24, 2.45) is 5.14 Å². The lowest BCUT2D eigenvalue weighted by molar-refractivity contribution is 0.0923. The monoisotopic (exact) mass is 509 g/mol. The van der Waals surface area contributed by atoms with Crippen LogP contribution in [0.3, 0.4) is 0 Å². The molecule has 1 aliphatic rings. The summed E-state index contributed by atoms with van der Waals surface area (Å²) in [7, 11) is -3.89. The Morgan fingerprint density at radius 2 is 1.81 bits per heavy atom. The molecular formula is C25H27N5O5S. The number of nitrogens with zero attached hydrogens (tertiary/aromatic N) is 1. The van der Waals surface area contributed by atoms with Gasteiger partial charge in [0, 0.05) is 35.5 Å². The molecule has 10 nitrogen and oxygen atoms in total. The zero-order valence-electron chi connectivity index (χ0n) is 19.3. The van der Waals surface area contributed by atoms with E-state index in [1.54, 1.807) is 60.7 Å². The van der Waals surface area contributed by atoms with Gasteiger partial charge in [-0.25, -0.2) is 18.4 Å². The third kappa shape index (κ3) is 5.82. The minimum absolute atomic E-state index is 0.0245. The molecule has 0 spiro atoms. The van der Waals surface area contributed by atoms with Crippen molar-refractivity contribution < 1.29 is 23.2 Å². The van der Waals surface area contributed by atoms with Crippen LogP contribution in [0.25, 0.3) is 11.1 Å². The van der Waals surface area contributed by atoms with Gasteiger partial charge in [-0.2, -0.15) is 0 Å². The summed E-state index contributed by atoms with van der Waals surface area (Å²) in [5, 5.41) is 24.9. The Labute approximate surface area is 209 Å². The number of rotatable bonds is 6. The van der Waals surface area contributed by atoms with E-state index in [0.29, 0.717) is 35.3 Å². The Bertz CT molecular complexity index is 1360. The highest BCUT2D eigenvalue weighted by atomic mass is 32.2. The normalized spacial score (nSPS) is 15.7. The number of piperidine rings is 1. The molecule has 0 saturated carbocycles. The molecule has 0 aromatic heterocycles. The summed E-state index contributed by atoms with van der Waals surface area (Å²) in [6, 6.07) is 20.3. The first-order valence-corrected chi connectivity index (χ1v) is 12.9. The molecule has 6 N–H and O–H groups in total. The number of carbonyl (C=O) groups excluding carboxylic acids is 1. The lowest BCUT2D eigenvalue weighted by Crippen LogP contribution is -2.43. The lowest BCUT2D eigenvalue weighted by atomic mass is 10.1. The Balaban J connectivity index is 1.45. The van der Waals surface area contributed by atoms with Crippen LogP contribution < -0.4 is 20.8 Å². The van der Waals surface area contributed by atoms with Crippen LogP contribution in [0.2, 0.25) is 0 Å². The van der Waals surface area contributed by atoms with Gasteiger partial charge in [0.2, 0.25) is 10.0 Å².